The van der Waals surface area contributed by atoms with E-state index in [-0.39, 0.29) is 23.9 Å². The largest absolute Gasteiger partial charge is 0.390 e. The van der Waals surface area contributed by atoms with Crippen LogP contribution in [-0.4, -0.2) is 35.5 Å². The Labute approximate surface area is 107 Å². The van der Waals surface area contributed by atoms with Crippen molar-refractivity contribution in [2.45, 2.75) is 64.0 Å². The van der Waals surface area contributed by atoms with Crippen molar-refractivity contribution in [1.82, 2.24) is 0 Å². The summed E-state index contributed by atoms with van der Waals surface area (Å²) in [6.07, 6.45) is 3.07. The van der Waals surface area contributed by atoms with Crippen LogP contribution in [0.5, 0.6) is 0 Å². The molecule has 100 valence electrons. The summed E-state index contributed by atoms with van der Waals surface area (Å²) in [5.41, 5.74) is 1.18. The fourth-order valence-electron chi connectivity index (χ4n) is 4.45. The monoisotopic (exact) mass is 252 g/mol. The predicted molar refractivity (Wildman–Crippen MR) is 63.6 cm³/mol. The van der Waals surface area contributed by atoms with E-state index in [0.29, 0.717) is 5.92 Å². The molecular formula is C14H20O4. The van der Waals surface area contributed by atoms with Gasteiger partial charge in [-0.25, -0.2) is 0 Å². The van der Waals surface area contributed by atoms with Gasteiger partial charge in [0.15, 0.2) is 12.1 Å². The highest BCUT2D eigenvalue weighted by Crippen LogP contribution is 2.63. The highest BCUT2D eigenvalue weighted by molar-refractivity contribution is 5.35. The molecule has 4 aliphatic rings. The van der Waals surface area contributed by atoms with E-state index in [2.05, 4.69) is 13.0 Å². The van der Waals surface area contributed by atoms with Crippen LogP contribution in [0.25, 0.3) is 0 Å². The van der Waals surface area contributed by atoms with Gasteiger partial charge in [0.1, 0.15) is 6.10 Å². The molecule has 0 amide bonds. The minimum Gasteiger partial charge on any atom is -0.390 e. The molecule has 0 aromatic carbocycles. The summed E-state index contributed by atoms with van der Waals surface area (Å²) in [5.74, 6) is -0.0517. The Hall–Kier alpha value is -0.420. The Kier molecular flexibility index (Phi) is 2.02. The molecule has 3 fully saturated rings. The summed E-state index contributed by atoms with van der Waals surface area (Å²) >= 11 is 0. The van der Waals surface area contributed by atoms with E-state index < -0.39 is 11.9 Å². The van der Waals surface area contributed by atoms with Crippen molar-refractivity contribution in [2.24, 2.45) is 11.3 Å². The Morgan fingerprint density at radius 3 is 2.83 bits per heavy atom. The van der Waals surface area contributed by atoms with Gasteiger partial charge in [-0.05, 0) is 32.6 Å². The molecule has 18 heavy (non-hydrogen) atoms. The van der Waals surface area contributed by atoms with E-state index >= 15 is 0 Å². The van der Waals surface area contributed by atoms with Gasteiger partial charge in [0.05, 0.1) is 17.6 Å². The zero-order valence-corrected chi connectivity index (χ0v) is 11.1. The van der Waals surface area contributed by atoms with Crippen molar-refractivity contribution in [2.75, 3.05) is 0 Å². The van der Waals surface area contributed by atoms with Crippen molar-refractivity contribution in [3.63, 3.8) is 0 Å². The average molecular weight is 252 g/mol. The smallest absolute Gasteiger partial charge is 0.188 e. The molecule has 4 rings (SSSR count). The molecule has 0 aromatic rings. The maximum absolute atomic E-state index is 10.2. The first kappa shape index (κ1) is 11.4. The minimum absolute atomic E-state index is 0.0640. The molecule has 0 unspecified atom stereocenters. The Morgan fingerprint density at radius 2 is 2.06 bits per heavy atom. The van der Waals surface area contributed by atoms with E-state index in [1.807, 2.05) is 13.8 Å². The molecule has 2 aliphatic carbocycles. The second kappa shape index (κ2) is 3.18. The molecular weight excluding hydrogens is 232 g/mol. The van der Waals surface area contributed by atoms with Crippen LogP contribution in [0.1, 0.15) is 33.6 Å². The quantitative estimate of drug-likeness (QED) is 0.665. The first-order valence-corrected chi connectivity index (χ1v) is 6.83. The van der Waals surface area contributed by atoms with Crippen LogP contribution < -0.4 is 0 Å². The minimum atomic E-state index is -0.584. The number of allylic oxidation sites excluding steroid dienone is 1. The molecule has 1 N–H and O–H groups in total. The van der Waals surface area contributed by atoms with Crippen molar-refractivity contribution in [1.29, 1.82) is 0 Å². The summed E-state index contributed by atoms with van der Waals surface area (Å²) in [6, 6.07) is 0. The fourth-order valence-corrected chi connectivity index (χ4v) is 4.45. The molecule has 0 radical (unpaired) electrons. The van der Waals surface area contributed by atoms with Crippen LogP contribution >= 0.6 is 0 Å². The predicted octanol–water partition coefficient (Wildman–Crippen LogP) is 1.58. The van der Waals surface area contributed by atoms with Gasteiger partial charge in [-0.2, -0.15) is 0 Å². The number of hydrogen-bond acceptors (Lipinski definition) is 4. The van der Waals surface area contributed by atoms with E-state index in [4.69, 9.17) is 14.2 Å². The number of fused-ring (bicyclic) bond motifs is 1. The molecule has 0 aromatic heterocycles. The third kappa shape index (κ3) is 1.20. The third-order valence-corrected chi connectivity index (χ3v) is 4.88. The SMILES string of the molecule is C[C@@H]1C=C2C[C@@H](O)[C@H]3O[C@@H]4OC(C)(C)O[C@@H]4[C@@]23C1. The van der Waals surface area contributed by atoms with Gasteiger partial charge >= 0.3 is 0 Å². The number of aliphatic hydroxyl groups is 1. The van der Waals surface area contributed by atoms with Gasteiger partial charge in [0.25, 0.3) is 0 Å². The normalized spacial score (nSPS) is 56.2. The topological polar surface area (TPSA) is 47.9 Å². The van der Waals surface area contributed by atoms with Gasteiger partial charge in [-0.3, -0.25) is 0 Å². The first-order chi connectivity index (χ1) is 8.42. The van der Waals surface area contributed by atoms with Gasteiger partial charge in [0, 0.05) is 0 Å². The Bertz CT molecular complexity index is 430. The molecule has 4 nitrogen and oxygen atoms in total. The van der Waals surface area contributed by atoms with Gasteiger partial charge < -0.3 is 19.3 Å². The zero-order valence-electron chi connectivity index (χ0n) is 11.1. The van der Waals surface area contributed by atoms with Crippen LogP contribution in [0.3, 0.4) is 0 Å². The maximum Gasteiger partial charge on any atom is 0.188 e. The van der Waals surface area contributed by atoms with Crippen molar-refractivity contribution in [3.8, 4) is 0 Å². The summed E-state index contributed by atoms with van der Waals surface area (Å²) in [7, 11) is 0. The van der Waals surface area contributed by atoms with Crippen LogP contribution in [0.15, 0.2) is 11.6 Å². The summed E-state index contributed by atoms with van der Waals surface area (Å²) in [6.45, 7) is 6.07. The number of hydrogen-bond donors (Lipinski definition) is 1. The van der Waals surface area contributed by atoms with Gasteiger partial charge in [-0.15, -0.1) is 0 Å². The zero-order chi connectivity index (χ0) is 12.7. The fraction of sp³-hybridized carbons (Fsp3) is 0.857. The Morgan fingerprint density at radius 1 is 1.28 bits per heavy atom. The van der Waals surface area contributed by atoms with E-state index in [9.17, 15) is 5.11 Å². The van der Waals surface area contributed by atoms with Gasteiger partial charge in [-0.1, -0.05) is 18.6 Å². The summed E-state index contributed by atoms with van der Waals surface area (Å²) < 4.78 is 17.9. The highest BCUT2D eigenvalue weighted by atomic mass is 16.8. The molecule has 2 aliphatic heterocycles. The van der Waals surface area contributed by atoms with E-state index in [1.54, 1.807) is 0 Å². The van der Waals surface area contributed by atoms with Crippen molar-refractivity contribution < 1.29 is 19.3 Å². The maximum atomic E-state index is 10.2. The molecule has 6 atom stereocenters. The number of ether oxygens (including phenoxy) is 3. The third-order valence-electron chi connectivity index (χ3n) is 4.88. The first-order valence-electron chi connectivity index (χ1n) is 6.83. The van der Waals surface area contributed by atoms with Crippen LogP contribution in [-0.2, 0) is 14.2 Å². The lowest BCUT2D eigenvalue weighted by Gasteiger charge is -2.33. The van der Waals surface area contributed by atoms with Gasteiger partial charge in [0.2, 0.25) is 0 Å². The molecule has 4 heteroatoms. The van der Waals surface area contributed by atoms with Crippen LogP contribution in [0, 0.1) is 11.3 Å². The molecule has 1 saturated carbocycles. The second-order valence-electron chi connectivity index (χ2n) is 6.67. The lowest BCUT2D eigenvalue weighted by Crippen LogP contribution is -2.41. The molecule has 1 spiro atoms. The summed E-state index contributed by atoms with van der Waals surface area (Å²) in [4.78, 5) is 0. The standard InChI is InChI=1S/C14H20O4/c1-7-4-8-5-9(15)10-14(8,6-7)11-12(16-10)18-13(2,3)17-11/h4,7,9-12,15H,5-6H2,1-3H3/t7-,9-,10-,11+,12-,14+/m1/s1. The average Bonchev–Trinajstić information content (AvgIpc) is 2.85. The molecule has 0 bridgehead atoms. The number of aliphatic hydroxyl groups excluding tert-OH is 1. The highest BCUT2D eigenvalue weighted by Gasteiger charge is 2.70. The lowest BCUT2D eigenvalue weighted by molar-refractivity contribution is -0.222. The van der Waals surface area contributed by atoms with Crippen LogP contribution in [0.4, 0.5) is 0 Å². The van der Waals surface area contributed by atoms with Crippen molar-refractivity contribution >= 4 is 0 Å². The number of rotatable bonds is 0. The summed E-state index contributed by atoms with van der Waals surface area (Å²) in [5, 5.41) is 10.2. The van der Waals surface area contributed by atoms with E-state index in [1.165, 1.54) is 5.57 Å². The van der Waals surface area contributed by atoms with Crippen molar-refractivity contribution in [3.05, 3.63) is 11.6 Å². The molecule has 2 saturated heterocycles. The lowest BCUT2D eigenvalue weighted by atomic mass is 9.76. The van der Waals surface area contributed by atoms with E-state index in [0.717, 1.165) is 12.8 Å². The molecule has 2 heterocycles. The van der Waals surface area contributed by atoms with Crippen LogP contribution in [0.2, 0.25) is 0 Å². The second-order valence-corrected chi connectivity index (χ2v) is 6.67. The Balaban J connectivity index is 1.78.